The molecule has 0 unspecified atom stereocenters. The van der Waals surface area contributed by atoms with Crippen LogP contribution in [0.4, 0.5) is 14.5 Å². The first-order valence-electron chi connectivity index (χ1n) is 9.28. The molecule has 0 saturated carbocycles. The molecule has 2 saturated heterocycles. The van der Waals surface area contributed by atoms with Crippen LogP contribution in [-0.2, 0) is 14.1 Å². The quantitative estimate of drug-likeness (QED) is 0.755. The number of carbonyl (C=O) groups excluding carboxylic acids is 1. The van der Waals surface area contributed by atoms with E-state index in [0.29, 0.717) is 33.1 Å². The monoisotopic (exact) mass is 380 g/mol. The fraction of sp³-hybridized carbons (Fsp3) is 0.632. The summed E-state index contributed by atoms with van der Waals surface area (Å²) in [7, 11) is -0.412. The molecule has 148 valence electrons. The number of anilines is 1. The van der Waals surface area contributed by atoms with Gasteiger partial charge >= 0.3 is 13.0 Å². The van der Waals surface area contributed by atoms with E-state index >= 15 is 0 Å². The number of amides is 1. The fourth-order valence-corrected chi connectivity index (χ4v) is 3.27. The van der Waals surface area contributed by atoms with Gasteiger partial charge in [-0.1, -0.05) is 12.1 Å². The second-order valence-electron chi connectivity index (χ2n) is 8.35. The van der Waals surface area contributed by atoms with E-state index in [0.717, 1.165) is 11.2 Å². The Labute approximate surface area is 159 Å². The average molecular weight is 380 g/mol. The van der Waals surface area contributed by atoms with Crippen LogP contribution < -0.4 is 10.4 Å². The topological polar surface area (TPSA) is 42.0 Å². The molecule has 1 aromatic rings. The lowest BCUT2D eigenvalue weighted by molar-refractivity contribution is -0.155. The van der Waals surface area contributed by atoms with Gasteiger partial charge in [0, 0.05) is 38.8 Å². The van der Waals surface area contributed by atoms with Crippen molar-refractivity contribution in [2.75, 3.05) is 31.1 Å². The minimum absolute atomic E-state index is 0.293. The Morgan fingerprint density at radius 2 is 1.48 bits per heavy atom. The number of hydrogen-bond donors (Lipinski definition) is 0. The zero-order chi connectivity index (χ0) is 20.0. The third-order valence-corrected chi connectivity index (χ3v) is 5.73. The summed E-state index contributed by atoms with van der Waals surface area (Å²) in [6.45, 7) is 10.3. The Morgan fingerprint density at radius 1 is 1.00 bits per heavy atom. The van der Waals surface area contributed by atoms with Gasteiger partial charge < -0.3 is 19.1 Å². The molecule has 27 heavy (non-hydrogen) atoms. The van der Waals surface area contributed by atoms with Crippen molar-refractivity contribution < 1.29 is 22.9 Å². The van der Waals surface area contributed by atoms with Crippen molar-refractivity contribution in [2.24, 2.45) is 0 Å². The van der Waals surface area contributed by atoms with Crippen molar-refractivity contribution in [1.29, 1.82) is 0 Å². The largest absolute Gasteiger partial charge is 0.494 e. The van der Waals surface area contributed by atoms with Crippen LogP contribution in [0.25, 0.3) is 0 Å². The van der Waals surface area contributed by atoms with E-state index < -0.39 is 18.9 Å². The van der Waals surface area contributed by atoms with E-state index in [1.165, 1.54) is 4.90 Å². The molecule has 0 N–H and O–H groups in total. The third-order valence-electron chi connectivity index (χ3n) is 5.73. The Morgan fingerprint density at radius 3 is 1.93 bits per heavy atom. The van der Waals surface area contributed by atoms with E-state index in [1.54, 1.807) is 0 Å². The van der Waals surface area contributed by atoms with Gasteiger partial charge in [0.15, 0.2) is 0 Å². The minimum atomic E-state index is -3.31. The number of rotatable bonds is 3. The Bertz CT molecular complexity index is 680. The maximum atomic E-state index is 13.2. The summed E-state index contributed by atoms with van der Waals surface area (Å²) >= 11 is 0. The molecule has 0 spiro atoms. The highest BCUT2D eigenvalue weighted by atomic mass is 19.3. The van der Waals surface area contributed by atoms with E-state index in [-0.39, 0.29) is 11.2 Å². The highest BCUT2D eigenvalue weighted by Gasteiger charge is 2.51. The van der Waals surface area contributed by atoms with Gasteiger partial charge in [0.25, 0.3) is 5.91 Å². The smallest absolute Gasteiger partial charge is 0.399 e. The van der Waals surface area contributed by atoms with Gasteiger partial charge in [-0.2, -0.15) is 8.78 Å². The number of piperazine rings is 1. The van der Waals surface area contributed by atoms with E-state index in [9.17, 15) is 13.6 Å². The second kappa shape index (κ2) is 6.74. The van der Waals surface area contributed by atoms with Crippen LogP contribution in [-0.4, -0.2) is 61.2 Å². The summed E-state index contributed by atoms with van der Waals surface area (Å²) in [5, 5.41) is 0. The van der Waals surface area contributed by atoms with Gasteiger partial charge in [0.2, 0.25) is 0 Å². The zero-order valence-corrected chi connectivity index (χ0v) is 16.6. The first-order chi connectivity index (χ1) is 12.4. The lowest BCUT2D eigenvalue weighted by atomic mass is 9.79. The van der Waals surface area contributed by atoms with Crippen LogP contribution in [0.1, 0.15) is 34.6 Å². The van der Waals surface area contributed by atoms with Gasteiger partial charge in [-0.25, -0.2) is 0 Å². The SMILES string of the molecule is CC(F)(F)C(=O)N1CCN(c2ccc(B3OC(C)(C)C(C)(C)O3)cc2)CC1. The number of nitrogens with zero attached hydrogens (tertiary/aromatic N) is 2. The highest BCUT2D eigenvalue weighted by Crippen LogP contribution is 2.36. The molecule has 0 aromatic heterocycles. The van der Waals surface area contributed by atoms with Crippen LogP contribution in [0, 0.1) is 0 Å². The van der Waals surface area contributed by atoms with Crippen LogP contribution >= 0.6 is 0 Å². The summed E-state index contributed by atoms with van der Waals surface area (Å²) in [6.07, 6.45) is 0. The Kier molecular flexibility index (Phi) is 5.01. The number of hydrogen-bond acceptors (Lipinski definition) is 4. The standard InChI is InChI=1S/C19H27BF2N2O3/c1-17(2)18(3,4)27-20(26-17)14-6-8-15(9-7-14)23-10-12-24(13-11-23)16(25)19(5,21)22/h6-9H,10-13H2,1-5H3. The highest BCUT2D eigenvalue weighted by molar-refractivity contribution is 6.62. The molecule has 0 atom stereocenters. The number of carbonyl (C=O) groups is 1. The molecule has 2 aliphatic rings. The van der Waals surface area contributed by atoms with E-state index in [2.05, 4.69) is 4.90 Å². The van der Waals surface area contributed by atoms with Gasteiger partial charge in [0.05, 0.1) is 11.2 Å². The fourth-order valence-electron chi connectivity index (χ4n) is 3.27. The predicted octanol–water partition coefficient (Wildman–Crippen LogP) is 2.29. The molecule has 1 amide bonds. The number of benzene rings is 1. The third kappa shape index (κ3) is 3.96. The van der Waals surface area contributed by atoms with Crippen molar-refractivity contribution >= 4 is 24.2 Å². The summed E-state index contributed by atoms with van der Waals surface area (Å²) in [5.74, 6) is -4.41. The summed E-state index contributed by atoms with van der Waals surface area (Å²) < 4.78 is 38.5. The second-order valence-corrected chi connectivity index (χ2v) is 8.35. The average Bonchev–Trinajstić information content (AvgIpc) is 2.81. The molecule has 1 aromatic carbocycles. The lowest BCUT2D eigenvalue weighted by Gasteiger charge is -2.37. The van der Waals surface area contributed by atoms with Crippen LogP contribution in [0.15, 0.2) is 24.3 Å². The molecular formula is C19H27BF2N2O3. The van der Waals surface area contributed by atoms with Crippen LogP contribution in [0.5, 0.6) is 0 Å². The zero-order valence-electron chi connectivity index (χ0n) is 16.6. The van der Waals surface area contributed by atoms with Crippen molar-refractivity contribution in [1.82, 2.24) is 4.90 Å². The molecule has 3 rings (SSSR count). The minimum Gasteiger partial charge on any atom is -0.399 e. The van der Waals surface area contributed by atoms with E-state index in [4.69, 9.17) is 9.31 Å². The lowest BCUT2D eigenvalue weighted by Crippen LogP contribution is -2.52. The van der Waals surface area contributed by atoms with Gasteiger partial charge in [-0.3, -0.25) is 4.79 Å². The summed E-state index contributed by atoms with van der Waals surface area (Å²) in [6, 6.07) is 7.89. The van der Waals surface area contributed by atoms with E-state index in [1.807, 2.05) is 52.0 Å². The number of alkyl halides is 2. The van der Waals surface area contributed by atoms with Gasteiger partial charge in [-0.15, -0.1) is 0 Å². The molecule has 2 heterocycles. The summed E-state index contributed by atoms with van der Waals surface area (Å²) in [4.78, 5) is 15.0. The normalized spacial score (nSPS) is 22.3. The molecule has 0 aliphatic carbocycles. The van der Waals surface area contributed by atoms with Gasteiger partial charge in [-0.05, 0) is 45.3 Å². The summed E-state index contributed by atoms with van der Waals surface area (Å²) in [5.41, 5.74) is 1.16. The molecule has 5 nitrogen and oxygen atoms in total. The van der Waals surface area contributed by atoms with Crippen molar-refractivity contribution in [3.8, 4) is 0 Å². The molecule has 8 heteroatoms. The van der Waals surface area contributed by atoms with Crippen molar-refractivity contribution in [2.45, 2.75) is 51.7 Å². The van der Waals surface area contributed by atoms with Crippen LogP contribution in [0.3, 0.4) is 0 Å². The predicted molar refractivity (Wildman–Crippen MR) is 102 cm³/mol. The molecular weight excluding hydrogens is 353 g/mol. The molecule has 2 fully saturated rings. The Balaban J connectivity index is 1.62. The molecule has 2 aliphatic heterocycles. The maximum Gasteiger partial charge on any atom is 0.494 e. The molecule has 0 bridgehead atoms. The first kappa shape index (κ1) is 20.1. The van der Waals surface area contributed by atoms with Crippen molar-refractivity contribution in [3.05, 3.63) is 24.3 Å². The Hall–Kier alpha value is -1.67. The van der Waals surface area contributed by atoms with Crippen LogP contribution in [0.2, 0.25) is 0 Å². The maximum absolute atomic E-state index is 13.2. The number of halogens is 2. The van der Waals surface area contributed by atoms with Gasteiger partial charge in [0.1, 0.15) is 0 Å². The molecule has 0 radical (unpaired) electrons. The first-order valence-corrected chi connectivity index (χ1v) is 9.28. The van der Waals surface area contributed by atoms with Crippen molar-refractivity contribution in [3.63, 3.8) is 0 Å².